The summed E-state index contributed by atoms with van der Waals surface area (Å²) in [6.45, 7) is 0.807. The maximum absolute atomic E-state index is 12.4. The van der Waals surface area contributed by atoms with Crippen LogP contribution in [-0.2, 0) is 6.42 Å². The first-order valence-electron chi connectivity index (χ1n) is 8.72. The van der Waals surface area contributed by atoms with Gasteiger partial charge in [-0.05, 0) is 30.2 Å². The lowest BCUT2D eigenvalue weighted by Crippen LogP contribution is -2.25. The summed E-state index contributed by atoms with van der Waals surface area (Å²) in [5.74, 6) is 1.28. The molecule has 0 aliphatic carbocycles. The van der Waals surface area contributed by atoms with Crippen molar-refractivity contribution in [3.8, 4) is 11.5 Å². The van der Waals surface area contributed by atoms with E-state index in [4.69, 9.17) is 9.47 Å². The van der Waals surface area contributed by atoms with Gasteiger partial charge in [0, 0.05) is 24.5 Å². The van der Waals surface area contributed by atoms with Crippen molar-refractivity contribution in [2.24, 2.45) is 0 Å². The fraction of sp³-hybridized carbons (Fsp3) is 0.143. The number of nitrogens with one attached hydrogen (secondary N) is 2. The Kier molecular flexibility index (Phi) is 4.87. The molecular formula is C21H19N3O3. The van der Waals surface area contributed by atoms with Gasteiger partial charge < -0.3 is 20.1 Å². The predicted octanol–water partition coefficient (Wildman–Crippen LogP) is 3.53. The van der Waals surface area contributed by atoms with Crippen molar-refractivity contribution >= 4 is 17.3 Å². The van der Waals surface area contributed by atoms with Crippen LogP contribution in [0.2, 0.25) is 0 Å². The minimum Gasteiger partial charge on any atom is -0.454 e. The Balaban J connectivity index is 1.37. The highest BCUT2D eigenvalue weighted by molar-refractivity contribution is 5.94. The van der Waals surface area contributed by atoms with Crippen molar-refractivity contribution in [1.29, 1.82) is 0 Å². The number of nitrogens with zero attached hydrogens (tertiary/aromatic N) is 1. The van der Waals surface area contributed by atoms with Crippen LogP contribution in [0.15, 0.2) is 67.0 Å². The van der Waals surface area contributed by atoms with Crippen molar-refractivity contribution in [3.63, 3.8) is 0 Å². The number of rotatable bonds is 6. The van der Waals surface area contributed by atoms with Crippen LogP contribution < -0.4 is 20.1 Å². The Bertz CT molecular complexity index is 944. The van der Waals surface area contributed by atoms with E-state index in [2.05, 4.69) is 15.6 Å². The molecule has 0 atom stereocenters. The van der Waals surface area contributed by atoms with Gasteiger partial charge in [0.25, 0.3) is 5.91 Å². The van der Waals surface area contributed by atoms with Gasteiger partial charge in [-0.1, -0.05) is 30.3 Å². The summed E-state index contributed by atoms with van der Waals surface area (Å²) >= 11 is 0. The van der Waals surface area contributed by atoms with Gasteiger partial charge in [0.2, 0.25) is 6.79 Å². The van der Waals surface area contributed by atoms with Crippen molar-refractivity contribution < 1.29 is 14.3 Å². The first-order valence-corrected chi connectivity index (χ1v) is 8.72. The minimum atomic E-state index is -0.146. The molecule has 6 heteroatoms. The Labute approximate surface area is 157 Å². The van der Waals surface area contributed by atoms with E-state index in [1.54, 1.807) is 18.5 Å². The minimum absolute atomic E-state index is 0.146. The van der Waals surface area contributed by atoms with Gasteiger partial charge in [-0.15, -0.1) is 0 Å². The average Bonchev–Trinajstić information content (AvgIpc) is 3.17. The van der Waals surface area contributed by atoms with Crippen LogP contribution in [0.5, 0.6) is 11.5 Å². The molecule has 0 bridgehead atoms. The highest BCUT2D eigenvalue weighted by Crippen LogP contribution is 2.35. The monoisotopic (exact) mass is 361 g/mol. The first kappa shape index (κ1) is 16.9. The Morgan fingerprint density at radius 2 is 1.81 bits per heavy atom. The maximum Gasteiger partial charge on any atom is 0.252 e. The summed E-state index contributed by atoms with van der Waals surface area (Å²) in [5.41, 5.74) is 3.26. The van der Waals surface area contributed by atoms with Crippen LogP contribution in [0.1, 0.15) is 15.9 Å². The van der Waals surface area contributed by atoms with E-state index in [0.717, 1.165) is 23.5 Å². The number of hydrogen-bond acceptors (Lipinski definition) is 5. The lowest BCUT2D eigenvalue weighted by Gasteiger charge is -2.09. The van der Waals surface area contributed by atoms with Crippen LogP contribution in [0, 0.1) is 0 Å². The van der Waals surface area contributed by atoms with E-state index in [-0.39, 0.29) is 12.7 Å². The second-order valence-electron chi connectivity index (χ2n) is 6.15. The number of fused-ring (bicyclic) bond motifs is 1. The van der Waals surface area contributed by atoms with Gasteiger partial charge in [0.15, 0.2) is 11.5 Å². The largest absolute Gasteiger partial charge is 0.454 e. The smallest absolute Gasteiger partial charge is 0.252 e. The van der Waals surface area contributed by atoms with Gasteiger partial charge in [0.1, 0.15) is 0 Å². The molecule has 6 nitrogen and oxygen atoms in total. The van der Waals surface area contributed by atoms with E-state index in [0.29, 0.717) is 17.9 Å². The molecule has 2 aromatic carbocycles. The molecule has 1 amide bonds. The van der Waals surface area contributed by atoms with Crippen LogP contribution in [-0.4, -0.2) is 24.2 Å². The van der Waals surface area contributed by atoms with Gasteiger partial charge in [0.05, 0.1) is 17.4 Å². The molecule has 0 saturated carbocycles. The number of carbonyl (C=O) groups excluding carboxylic acids is 1. The third kappa shape index (κ3) is 4.17. The number of benzene rings is 2. The van der Waals surface area contributed by atoms with Crippen LogP contribution in [0.4, 0.5) is 11.4 Å². The number of carbonyl (C=O) groups is 1. The topological polar surface area (TPSA) is 72.5 Å². The number of hydrogen-bond donors (Lipinski definition) is 2. The fourth-order valence-electron chi connectivity index (χ4n) is 2.84. The molecule has 0 unspecified atom stereocenters. The quantitative estimate of drug-likeness (QED) is 0.703. The molecule has 27 heavy (non-hydrogen) atoms. The highest BCUT2D eigenvalue weighted by Gasteiger charge is 2.13. The van der Waals surface area contributed by atoms with Gasteiger partial charge >= 0.3 is 0 Å². The zero-order valence-corrected chi connectivity index (χ0v) is 14.6. The Morgan fingerprint density at radius 1 is 0.963 bits per heavy atom. The SMILES string of the molecule is O=C(NCCc1ccccc1)c1cncc(Nc2ccc3c(c2)OCO3)c1. The third-order valence-corrected chi connectivity index (χ3v) is 4.20. The molecule has 1 aliphatic heterocycles. The third-order valence-electron chi connectivity index (χ3n) is 4.20. The van der Waals surface area contributed by atoms with Crippen molar-refractivity contribution in [1.82, 2.24) is 10.3 Å². The Hall–Kier alpha value is -3.54. The molecule has 0 fully saturated rings. The summed E-state index contributed by atoms with van der Waals surface area (Å²) in [4.78, 5) is 16.5. The van der Waals surface area contributed by atoms with Crippen molar-refractivity contribution in [2.45, 2.75) is 6.42 Å². The highest BCUT2D eigenvalue weighted by atomic mass is 16.7. The molecule has 0 spiro atoms. The van der Waals surface area contributed by atoms with Crippen LogP contribution in [0.25, 0.3) is 0 Å². The van der Waals surface area contributed by atoms with Crippen molar-refractivity contribution in [3.05, 3.63) is 78.1 Å². The molecule has 0 saturated heterocycles. The van der Waals surface area contributed by atoms with Gasteiger partial charge in [-0.3, -0.25) is 9.78 Å². The number of pyridine rings is 1. The molecule has 4 rings (SSSR count). The average molecular weight is 361 g/mol. The van der Waals surface area contributed by atoms with Crippen LogP contribution in [0.3, 0.4) is 0 Å². The zero-order chi connectivity index (χ0) is 18.5. The van der Waals surface area contributed by atoms with E-state index < -0.39 is 0 Å². The summed E-state index contributed by atoms with van der Waals surface area (Å²) in [6, 6.07) is 17.4. The van der Waals surface area contributed by atoms with Gasteiger partial charge in [-0.2, -0.15) is 0 Å². The van der Waals surface area contributed by atoms with E-state index in [1.807, 2.05) is 48.5 Å². The van der Waals surface area contributed by atoms with E-state index in [9.17, 15) is 4.79 Å². The number of anilines is 2. The fourth-order valence-corrected chi connectivity index (χ4v) is 2.84. The van der Waals surface area contributed by atoms with E-state index in [1.165, 1.54) is 5.56 Å². The molecule has 0 radical (unpaired) electrons. The maximum atomic E-state index is 12.4. The predicted molar refractivity (Wildman–Crippen MR) is 103 cm³/mol. The molecule has 1 aromatic heterocycles. The number of aromatic nitrogens is 1. The van der Waals surface area contributed by atoms with Crippen molar-refractivity contribution in [2.75, 3.05) is 18.7 Å². The van der Waals surface area contributed by atoms with Crippen LogP contribution >= 0.6 is 0 Å². The molecule has 136 valence electrons. The lowest BCUT2D eigenvalue weighted by molar-refractivity contribution is 0.0954. The molecule has 2 heterocycles. The van der Waals surface area contributed by atoms with Gasteiger partial charge in [-0.25, -0.2) is 0 Å². The molecule has 2 N–H and O–H groups in total. The lowest BCUT2D eigenvalue weighted by atomic mass is 10.1. The summed E-state index contributed by atoms with van der Waals surface area (Å²) in [6.07, 6.45) is 4.02. The normalized spacial score (nSPS) is 11.9. The molecule has 1 aliphatic rings. The Morgan fingerprint density at radius 3 is 2.70 bits per heavy atom. The number of ether oxygens (including phenoxy) is 2. The van der Waals surface area contributed by atoms with E-state index >= 15 is 0 Å². The standard InChI is InChI=1S/C21H19N3O3/c25-21(23-9-8-15-4-2-1-3-5-15)16-10-18(13-22-12-16)24-17-6-7-19-20(11-17)27-14-26-19/h1-7,10-13,24H,8-9,14H2,(H,23,25). The summed E-state index contributed by atoms with van der Waals surface area (Å²) < 4.78 is 10.7. The second kappa shape index (κ2) is 7.78. The summed E-state index contributed by atoms with van der Waals surface area (Å²) in [7, 11) is 0. The second-order valence-corrected chi connectivity index (χ2v) is 6.15. The number of amides is 1. The molecule has 3 aromatic rings. The molecular weight excluding hydrogens is 342 g/mol. The zero-order valence-electron chi connectivity index (χ0n) is 14.6. The summed E-state index contributed by atoms with van der Waals surface area (Å²) in [5, 5.41) is 6.16. The first-order chi connectivity index (χ1) is 13.3.